The number of halogens is 9. The van der Waals surface area contributed by atoms with Crippen LogP contribution in [0.4, 0.5) is 55.2 Å². The number of aromatic hydroxyl groups is 3. The minimum atomic E-state index is -4.43. The highest BCUT2D eigenvalue weighted by atomic mass is 35.5. The number of amides is 5. The second kappa shape index (κ2) is 36.1. The standard InChI is InChI=1S/C32H30ClF2N7O4.C31H28ClF2N7O4.C31H29ClF2N6O5S/c1-7-20(44)40-12-16(5)41-18(13-40)31(45)39(6)28-22-29(37-26(23(28)33)21-19(43)9-8-17(34)24(21)35)42(32(46)38-30(22)41)27-15(4)10-11-36-25(27)14(2)3;1-6-19(43)39-11-15(5)40-17(12-39)30(44)37-26-21-28(36-25(22(26)32)20-18(42)8-7-16(33)23(20)34)41(31(45)38-29(21)40)27-14(4)9-10-35-24(27)13(2)3;1-6-20(42)38-11-16(5)39-17(12-38)13-46(44,45)28-22-29(36-26(23(28)32)21-19(41)8-7-18(33)24(21)34)40(31(43)37-30(22)39)27-15(4)9-10-35-25(27)14(2)3/h7-11,14,16,18,43H,1,12-13H2,2-6H3;6-10,13,15,17,42H,1,11-12H2,2-5H3,(H,37,44);6-10,14,16-17,41H,1,11-13H2,2-5H3. The maximum atomic E-state index is 15.4. The molecule has 0 bridgehead atoms. The number of fused-ring (bicyclic) bond motifs is 6. The molecule has 137 heavy (non-hydrogen) atoms. The molecule has 6 unspecified atom stereocenters. The number of hydrogen-bond donors (Lipinski definition) is 4. The van der Waals surface area contributed by atoms with E-state index in [-0.39, 0.29) is 146 Å². The lowest BCUT2D eigenvalue weighted by Gasteiger charge is -2.45. The van der Waals surface area contributed by atoms with Crippen molar-refractivity contribution in [2.75, 3.05) is 77.0 Å². The summed E-state index contributed by atoms with van der Waals surface area (Å²) in [5.74, 6) is -13.5. The molecule has 6 atom stereocenters. The summed E-state index contributed by atoms with van der Waals surface area (Å²) in [6, 6.07) is 5.67. The summed E-state index contributed by atoms with van der Waals surface area (Å²) in [5, 5.41) is 34.0. The van der Waals surface area contributed by atoms with Crippen LogP contribution in [0.1, 0.15) is 114 Å². The van der Waals surface area contributed by atoms with Gasteiger partial charge in [-0.05, 0) is 149 Å². The predicted octanol–water partition coefficient (Wildman–Crippen LogP) is 13.2. The lowest BCUT2D eigenvalue weighted by molar-refractivity contribution is -0.130. The summed E-state index contributed by atoms with van der Waals surface area (Å²) in [4.78, 5) is 159. The maximum Gasteiger partial charge on any atom is 0.355 e. The molecule has 0 radical (unpaired) electrons. The van der Waals surface area contributed by atoms with E-state index in [2.05, 4.69) is 69.9 Å². The van der Waals surface area contributed by atoms with Gasteiger partial charge in [0.1, 0.15) is 63.1 Å². The van der Waals surface area contributed by atoms with Gasteiger partial charge in [0.25, 0.3) is 5.91 Å². The van der Waals surface area contributed by atoms with Crippen molar-refractivity contribution in [3.05, 3.63) is 226 Å². The number of phenolic OH excluding ortho intramolecular Hbond substituents is 3. The van der Waals surface area contributed by atoms with Gasteiger partial charge in [-0.2, -0.15) is 15.0 Å². The van der Waals surface area contributed by atoms with Crippen LogP contribution in [0, 0.1) is 55.7 Å². The third-order valence-electron chi connectivity index (χ3n) is 25.1. The minimum Gasteiger partial charge on any atom is -0.507 e. The molecule has 9 aromatic heterocycles. The Morgan fingerprint density at radius 3 is 1.20 bits per heavy atom. The van der Waals surface area contributed by atoms with Crippen molar-refractivity contribution in [1.82, 2.24) is 73.3 Å². The van der Waals surface area contributed by atoms with Crippen molar-refractivity contribution in [3.8, 4) is 68.1 Å². The number of pyridine rings is 6. The smallest absolute Gasteiger partial charge is 0.355 e. The van der Waals surface area contributed by atoms with Crippen LogP contribution in [0.3, 0.4) is 0 Å². The van der Waals surface area contributed by atoms with E-state index in [0.717, 1.165) is 53.1 Å². The van der Waals surface area contributed by atoms with Crippen LogP contribution in [-0.4, -0.2) is 215 Å². The van der Waals surface area contributed by atoms with Gasteiger partial charge in [-0.3, -0.25) is 38.9 Å². The van der Waals surface area contributed by atoms with Crippen molar-refractivity contribution in [1.29, 1.82) is 0 Å². The number of carbonyl (C=O) groups is 5. The topological polar surface area (TPSA) is 397 Å². The third kappa shape index (κ3) is 15.9. The Morgan fingerprint density at radius 2 is 0.803 bits per heavy atom. The van der Waals surface area contributed by atoms with Crippen molar-refractivity contribution < 1.29 is 74.1 Å². The zero-order valence-corrected chi connectivity index (χ0v) is 78.7. The summed E-state index contributed by atoms with van der Waals surface area (Å²) in [5.41, 5.74) is -1.89. The molecule has 3 saturated heterocycles. The Hall–Kier alpha value is -14.3. The summed E-state index contributed by atoms with van der Waals surface area (Å²) >= 11 is 20.6. The van der Waals surface area contributed by atoms with Crippen LogP contribution in [-0.2, 0) is 33.8 Å². The molecule has 3 aromatic carbocycles. The van der Waals surface area contributed by atoms with Gasteiger partial charge in [-0.15, -0.1) is 0 Å². The first-order valence-corrected chi connectivity index (χ1v) is 45.9. The number of anilines is 5. The fourth-order valence-electron chi connectivity index (χ4n) is 18.9. The Bertz CT molecular complexity index is 7620. The van der Waals surface area contributed by atoms with E-state index < -0.39 is 182 Å². The van der Waals surface area contributed by atoms with Crippen molar-refractivity contribution >= 4 is 136 Å². The number of hydrogen-bond acceptors (Lipinski definition) is 25. The van der Waals surface area contributed by atoms with Crippen LogP contribution < -0.4 is 42.0 Å². The Balaban J connectivity index is 0.000000149. The van der Waals surface area contributed by atoms with E-state index in [4.69, 9.17) is 34.8 Å². The van der Waals surface area contributed by atoms with Gasteiger partial charge in [0, 0.05) is 69.9 Å². The highest BCUT2D eigenvalue weighted by Gasteiger charge is 2.50. The van der Waals surface area contributed by atoms with Crippen LogP contribution in [0.25, 0.3) is 83.9 Å². The zero-order valence-electron chi connectivity index (χ0n) is 75.7. The number of sulfone groups is 1. The number of piperazine rings is 3. The Labute approximate surface area is 792 Å². The molecule has 0 aliphatic carbocycles. The molecule has 6 aliphatic heterocycles. The molecule has 12 aromatic rings. The van der Waals surface area contributed by atoms with Gasteiger partial charge >= 0.3 is 17.1 Å². The summed E-state index contributed by atoms with van der Waals surface area (Å²) in [7, 11) is -2.98. The molecule has 3 fully saturated rings. The lowest BCUT2D eigenvalue weighted by atomic mass is 10.0. The molecular weight excluding hydrogens is 1870 g/mol. The molecule has 0 spiro atoms. The number of nitrogens with zero attached hydrogens (tertiary/aromatic N) is 19. The number of aryl methyl sites for hydroxylation is 3. The highest BCUT2D eigenvalue weighted by Crippen LogP contribution is 2.53. The fraction of sp³-hybridized carbons (Fsp3) is 0.309. The summed E-state index contributed by atoms with van der Waals surface area (Å²) < 4.78 is 122. The molecule has 18 rings (SSSR count). The van der Waals surface area contributed by atoms with Crippen LogP contribution >= 0.6 is 34.8 Å². The summed E-state index contributed by atoms with van der Waals surface area (Å²) in [6.07, 6.45) is 8.24. The van der Waals surface area contributed by atoms with Gasteiger partial charge in [0.2, 0.25) is 23.6 Å². The number of likely N-dealkylation sites (N-methyl/N-ethyl adjacent to an activating group) is 1. The molecule has 6 aliphatic rings. The average molecular weight is 1960 g/mol. The number of nitrogens with one attached hydrogen (secondary N) is 1. The fourth-order valence-corrected chi connectivity index (χ4v) is 21.9. The van der Waals surface area contributed by atoms with E-state index in [1.807, 2.05) is 41.5 Å². The van der Waals surface area contributed by atoms with Crippen LogP contribution in [0.5, 0.6) is 17.2 Å². The SMILES string of the molecule is C=CC(=O)N1CC(C)N2c3nc(=O)n(-c4c(C)ccnc4C(C)C)c4nc(-c5c(O)ccc(F)c5F)c(Cl)c(c34)N(C)C(=O)C2C1.C=CC(=O)N1CC(C)N2c3nc(=O)n(-c4c(C)ccnc4C(C)C)c4nc(-c5c(O)ccc(F)c5F)c(Cl)c(c34)NC(=O)C2C1.C=CC(=O)N1CC(C)N2c3nc(=O)n(-c4c(C)ccnc4C(C)C)c4nc(-c5c(O)ccc(F)c5F)c(Cl)c(c34)S(=O)(=O)CC2C1. The van der Waals surface area contributed by atoms with Gasteiger partial charge in [-0.1, -0.05) is 96.1 Å². The van der Waals surface area contributed by atoms with Gasteiger partial charge in [0.05, 0.1) is 124 Å². The lowest BCUT2D eigenvalue weighted by Crippen LogP contribution is -2.63. The number of carbonyl (C=O) groups excluding carboxylic acids is 5. The first-order valence-electron chi connectivity index (χ1n) is 43.1. The third-order valence-corrected chi connectivity index (χ3v) is 28.1. The first kappa shape index (κ1) is 95.9. The Morgan fingerprint density at radius 1 is 0.460 bits per heavy atom. The van der Waals surface area contributed by atoms with Gasteiger partial charge in [-0.25, -0.2) is 77.8 Å². The quantitative estimate of drug-likeness (QED) is 0.0652. The van der Waals surface area contributed by atoms with Gasteiger partial charge < -0.3 is 54.9 Å². The maximum absolute atomic E-state index is 15.4. The summed E-state index contributed by atoms with van der Waals surface area (Å²) in [6.45, 7) is 33.0. The average Bonchev–Trinajstić information content (AvgIpc) is 1.61. The molecule has 43 heteroatoms. The van der Waals surface area contributed by atoms with Crippen molar-refractivity contribution in [3.63, 3.8) is 0 Å². The normalized spacial score (nSPS) is 18.2. The molecule has 710 valence electrons. The first-order chi connectivity index (χ1) is 64.8. The second-order valence-corrected chi connectivity index (χ2v) is 38.0. The molecule has 15 heterocycles. The zero-order chi connectivity index (χ0) is 99.2. The minimum absolute atomic E-state index is 0.0156. The van der Waals surface area contributed by atoms with E-state index in [0.29, 0.717) is 51.2 Å². The van der Waals surface area contributed by atoms with E-state index >= 15 is 13.2 Å². The van der Waals surface area contributed by atoms with E-state index in [1.165, 1.54) is 35.8 Å². The van der Waals surface area contributed by atoms with E-state index in [9.17, 15) is 75.3 Å². The molecule has 4 N–H and O–H groups in total. The highest BCUT2D eigenvalue weighted by molar-refractivity contribution is 7.91. The molecular formula is C94H87Cl3F6N20O13S. The van der Waals surface area contributed by atoms with Crippen LogP contribution in [0.2, 0.25) is 15.1 Å². The number of rotatable bonds is 12. The molecule has 0 saturated carbocycles. The second-order valence-electron chi connectivity index (χ2n) is 34.9. The monoisotopic (exact) mass is 1950 g/mol. The van der Waals surface area contributed by atoms with Crippen molar-refractivity contribution in [2.45, 2.75) is 142 Å². The molecule has 5 amide bonds. The van der Waals surface area contributed by atoms with E-state index in [1.54, 1.807) is 93.0 Å². The number of benzene rings is 3. The number of phenols is 3. The Kier molecular flexibility index (Phi) is 25.3. The van der Waals surface area contributed by atoms with Crippen molar-refractivity contribution in [2.24, 2.45) is 0 Å². The number of aromatic nitrogens is 12. The van der Waals surface area contributed by atoms with Gasteiger partial charge in [0.15, 0.2) is 61.7 Å². The largest absolute Gasteiger partial charge is 0.507 e. The molecule has 33 nitrogen and oxygen atoms in total. The predicted molar refractivity (Wildman–Crippen MR) is 503 cm³/mol. The van der Waals surface area contributed by atoms with Crippen LogP contribution in [0.15, 0.2) is 130 Å².